The first-order valence-corrected chi connectivity index (χ1v) is 8.07. The average Bonchev–Trinajstić information content (AvgIpc) is 2.80. The van der Waals surface area contributed by atoms with Gasteiger partial charge in [-0.05, 0) is 31.0 Å². The summed E-state index contributed by atoms with van der Waals surface area (Å²) in [4.78, 5) is 16.3. The van der Waals surface area contributed by atoms with E-state index in [-0.39, 0.29) is 0 Å². The number of benzene rings is 1. The van der Waals surface area contributed by atoms with Crippen LogP contribution >= 0.6 is 22.9 Å². The second-order valence-electron chi connectivity index (χ2n) is 5.54. The molecule has 0 amide bonds. The van der Waals surface area contributed by atoms with Crippen LogP contribution in [0.2, 0.25) is 5.02 Å². The molecule has 0 atom stereocenters. The maximum absolute atomic E-state index is 11.7. The van der Waals surface area contributed by atoms with Crippen molar-refractivity contribution in [1.82, 2.24) is 4.98 Å². The molecule has 106 valence electrons. The highest BCUT2D eigenvalue weighted by Gasteiger charge is 2.40. The van der Waals surface area contributed by atoms with Crippen LogP contribution in [0.4, 0.5) is 0 Å². The van der Waals surface area contributed by atoms with Gasteiger partial charge in [-0.25, -0.2) is 4.98 Å². The zero-order valence-electron chi connectivity index (χ0n) is 11.1. The summed E-state index contributed by atoms with van der Waals surface area (Å²) in [5, 5.41) is 11.2. The van der Waals surface area contributed by atoms with E-state index in [1.807, 2.05) is 18.2 Å². The standard InChI is InChI=1S/C15H16ClNO2S/c16-10-4-5-11-12(8-10)20-13(17-11)9-15(14(18)19)6-2-1-3-7-15/h4-5,8H,1-3,6-7,9H2,(H,18,19). The zero-order valence-corrected chi connectivity index (χ0v) is 12.6. The normalized spacial score (nSPS) is 18.2. The molecule has 0 spiro atoms. The van der Waals surface area contributed by atoms with Crippen molar-refractivity contribution in [1.29, 1.82) is 0 Å². The molecule has 1 saturated carbocycles. The molecule has 5 heteroatoms. The van der Waals surface area contributed by atoms with Gasteiger partial charge >= 0.3 is 5.97 Å². The van der Waals surface area contributed by atoms with Crippen molar-refractivity contribution in [2.75, 3.05) is 0 Å². The predicted octanol–water partition coefficient (Wildman–Crippen LogP) is 4.53. The molecule has 2 aromatic rings. The van der Waals surface area contributed by atoms with Gasteiger partial charge in [0.1, 0.15) is 0 Å². The SMILES string of the molecule is O=C(O)C1(Cc2nc3ccc(Cl)cc3s2)CCCCC1. The van der Waals surface area contributed by atoms with Gasteiger partial charge in [-0.15, -0.1) is 11.3 Å². The number of halogens is 1. The third-order valence-corrected chi connectivity index (χ3v) is 5.40. The van der Waals surface area contributed by atoms with E-state index in [1.54, 1.807) is 11.3 Å². The van der Waals surface area contributed by atoms with Crippen LogP contribution in [0.15, 0.2) is 18.2 Å². The molecule has 0 aliphatic heterocycles. The van der Waals surface area contributed by atoms with Gasteiger partial charge in [-0.1, -0.05) is 30.9 Å². The van der Waals surface area contributed by atoms with Crippen LogP contribution in [0.3, 0.4) is 0 Å². The maximum atomic E-state index is 11.7. The van der Waals surface area contributed by atoms with E-state index in [9.17, 15) is 9.90 Å². The lowest BCUT2D eigenvalue weighted by Crippen LogP contribution is -2.35. The Morgan fingerprint density at radius 3 is 2.80 bits per heavy atom. The fraction of sp³-hybridized carbons (Fsp3) is 0.467. The summed E-state index contributed by atoms with van der Waals surface area (Å²) < 4.78 is 1.03. The molecule has 3 nitrogen and oxygen atoms in total. The predicted molar refractivity (Wildman–Crippen MR) is 81.5 cm³/mol. The minimum absolute atomic E-state index is 0.541. The Hall–Kier alpha value is -1.13. The molecule has 1 aliphatic carbocycles. The fourth-order valence-electron chi connectivity index (χ4n) is 3.01. The largest absolute Gasteiger partial charge is 0.481 e. The second kappa shape index (κ2) is 5.34. The Morgan fingerprint density at radius 1 is 1.35 bits per heavy atom. The summed E-state index contributed by atoms with van der Waals surface area (Å²) >= 11 is 7.54. The number of carboxylic acid groups (broad SMARTS) is 1. The lowest BCUT2D eigenvalue weighted by atomic mass is 9.72. The number of hydrogen-bond donors (Lipinski definition) is 1. The van der Waals surface area contributed by atoms with Crippen LogP contribution in [-0.2, 0) is 11.2 Å². The molecular weight excluding hydrogens is 294 g/mol. The van der Waals surface area contributed by atoms with E-state index in [0.29, 0.717) is 11.4 Å². The van der Waals surface area contributed by atoms with E-state index in [1.165, 1.54) is 0 Å². The van der Waals surface area contributed by atoms with E-state index >= 15 is 0 Å². The van der Waals surface area contributed by atoms with Crippen LogP contribution in [0.5, 0.6) is 0 Å². The van der Waals surface area contributed by atoms with E-state index < -0.39 is 11.4 Å². The van der Waals surface area contributed by atoms with Crippen LogP contribution < -0.4 is 0 Å². The summed E-state index contributed by atoms with van der Waals surface area (Å²) in [5.41, 5.74) is 0.293. The van der Waals surface area contributed by atoms with Gasteiger partial charge in [0.15, 0.2) is 0 Å². The number of aromatic nitrogens is 1. The minimum atomic E-state index is -0.672. The summed E-state index contributed by atoms with van der Waals surface area (Å²) in [6, 6.07) is 5.61. The Kier molecular flexibility index (Phi) is 3.69. The lowest BCUT2D eigenvalue weighted by molar-refractivity contribution is -0.151. The lowest BCUT2D eigenvalue weighted by Gasteiger charge is -2.32. The Balaban J connectivity index is 1.92. The molecular formula is C15H16ClNO2S. The Bertz CT molecular complexity index is 646. The molecule has 1 aromatic heterocycles. The monoisotopic (exact) mass is 309 g/mol. The van der Waals surface area contributed by atoms with Crippen molar-refractivity contribution in [2.24, 2.45) is 5.41 Å². The van der Waals surface area contributed by atoms with Crippen molar-refractivity contribution >= 4 is 39.1 Å². The van der Waals surface area contributed by atoms with Crippen molar-refractivity contribution in [3.05, 3.63) is 28.2 Å². The number of rotatable bonds is 3. The summed E-state index contributed by atoms with van der Waals surface area (Å²) in [7, 11) is 0. The molecule has 0 radical (unpaired) electrons. The first kappa shape index (κ1) is 13.8. The van der Waals surface area contributed by atoms with Crippen molar-refractivity contribution in [3.8, 4) is 0 Å². The van der Waals surface area contributed by atoms with Crippen molar-refractivity contribution < 1.29 is 9.90 Å². The second-order valence-corrected chi connectivity index (χ2v) is 7.09. The topological polar surface area (TPSA) is 50.2 Å². The van der Waals surface area contributed by atoms with Crippen LogP contribution in [-0.4, -0.2) is 16.1 Å². The molecule has 1 heterocycles. The highest BCUT2D eigenvalue weighted by Crippen LogP contribution is 2.41. The number of fused-ring (bicyclic) bond motifs is 1. The molecule has 3 rings (SSSR count). The van der Waals surface area contributed by atoms with Gasteiger partial charge in [-0.2, -0.15) is 0 Å². The molecule has 0 bridgehead atoms. The van der Waals surface area contributed by atoms with Gasteiger partial charge in [0.05, 0.1) is 20.6 Å². The average molecular weight is 310 g/mol. The minimum Gasteiger partial charge on any atom is -0.481 e. The quantitative estimate of drug-likeness (QED) is 0.906. The van der Waals surface area contributed by atoms with Crippen molar-refractivity contribution in [3.63, 3.8) is 0 Å². The van der Waals surface area contributed by atoms with Crippen LogP contribution in [0.25, 0.3) is 10.2 Å². The Morgan fingerprint density at radius 2 is 2.10 bits per heavy atom. The fourth-order valence-corrected chi connectivity index (χ4v) is 4.39. The van der Waals surface area contributed by atoms with E-state index in [2.05, 4.69) is 4.98 Å². The first-order valence-electron chi connectivity index (χ1n) is 6.87. The number of aliphatic carboxylic acids is 1. The smallest absolute Gasteiger partial charge is 0.310 e. The summed E-state index contributed by atoms with van der Waals surface area (Å²) in [6.07, 6.45) is 5.22. The third-order valence-electron chi connectivity index (χ3n) is 4.15. The maximum Gasteiger partial charge on any atom is 0.310 e. The van der Waals surface area contributed by atoms with Gasteiger partial charge in [0.25, 0.3) is 0 Å². The van der Waals surface area contributed by atoms with Crippen molar-refractivity contribution in [2.45, 2.75) is 38.5 Å². The van der Waals surface area contributed by atoms with Gasteiger partial charge in [0, 0.05) is 11.4 Å². The number of nitrogens with zero attached hydrogens (tertiary/aromatic N) is 1. The highest BCUT2D eigenvalue weighted by molar-refractivity contribution is 7.18. The third kappa shape index (κ3) is 2.54. The number of carboxylic acids is 1. The Labute approximate surface area is 126 Å². The molecule has 1 aromatic carbocycles. The number of thiazole rings is 1. The van der Waals surface area contributed by atoms with Gasteiger partial charge in [0.2, 0.25) is 0 Å². The van der Waals surface area contributed by atoms with Gasteiger partial charge in [-0.3, -0.25) is 4.79 Å². The van der Waals surface area contributed by atoms with Crippen LogP contribution in [0, 0.1) is 5.41 Å². The van der Waals surface area contributed by atoms with E-state index in [4.69, 9.17) is 11.6 Å². The summed E-state index contributed by atoms with van der Waals surface area (Å²) in [5.74, 6) is -0.672. The van der Waals surface area contributed by atoms with Crippen LogP contribution in [0.1, 0.15) is 37.1 Å². The molecule has 0 unspecified atom stereocenters. The number of hydrogen-bond acceptors (Lipinski definition) is 3. The zero-order chi connectivity index (χ0) is 14.2. The molecule has 0 saturated heterocycles. The highest BCUT2D eigenvalue weighted by atomic mass is 35.5. The summed E-state index contributed by atoms with van der Waals surface area (Å²) in [6.45, 7) is 0. The molecule has 1 N–H and O–H groups in total. The first-order chi connectivity index (χ1) is 9.59. The molecule has 20 heavy (non-hydrogen) atoms. The molecule has 1 fully saturated rings. The van der Waals surface area contributed by atoms with E-state index in [0.717, 1.165) is 47.3 Å². The molecule has 1 aliphatic rings. The number of carbonyl (C=O) groups is 1. The van der Waals surface area contributed by atoms with Gasteiger partial charge < -0.3 is 5.11 Å².